The number of nitrogens with zero attached hydrogens (tertiary/aromatic N) is 1. The van der Waals surface area contributed by atoms with Gasteiger partial charge in [-0.05, 0) is 18.9 Å². The molecule has 1 aromatic carbocycles. The number of ether oxygens (including phenoxy) is 3. The topological polar surface area (TPSA) is 63.5 Å². The van der Waals surface area contributed by atoms with Gasteiger partial charge in [0.1, 0.15) is 0 Å². The highest BCUT2D eigenvalue weighted by atomic mass is 16.5. The standard InChI is InChI=1S/C16H24N2O3/c1-19-12-10-18-13-14-7-6-8-15(20-2)16(14)21-11-5-3-4-9-17/h6-8,18H,3-5,10-13H2,1-2H3. The SMILES string of the molecule is COCCNCc1cccc(OC)c1OCCCCC#N. The molecule has 0 aliphatic heterocycles. The number of nitrogens with one attached hydrogen (secondary N) is 1. The summed E-state index contributed by atoms with van der Waals surface area (Å²) in [5.74, 6) is 1.52. The van der Waals surface area contributed by atoms with Crippen LogP contribution in [0.25, 0.3) is 0 Å². The van der Waals surface area contributed by atoms with E-state index in [1.807, 2.05) is 18.2 Å². The predicted molar refractivity (Wildman–Crippen MR) is 81.5 cm³/mol. The fraction of sp³-hybridized carbons (Fsp3) is 0.562. The number of benzene rings is 1. The predicted octanol–water partition coefficient (Wildman–Crippen LogP) is 2.50. The minimum atomic E-state index is 0.570. The van der Waals surface area contributed by atoms with E-state index in [9.17, 15) is 0 Å². The largest absolute Gasteiger partial charge is 0.493 e. The molecule has 0 atom stereocenters. The van der Waals surface area contributed by atoms with Gasteiger partial charge >= 0.3 is 0 Å². The van der Waals surface area contributed by atoms with Gasteiger partial charge in [0.05, 0.1) is 26.4 Å². The van der Waals surface area contributed by atoms with Crippen LogP contribution < -0.4 is 14.8 Å². The van der Waals surface area contributed by atoms with Gasteiger partial charge in [0.15, 0.2) is 11.5 Å². The molecule has 0 radical (unpaired) electrons. The van der Waals surface area contributed by atoms with Crippen molar-refractivity contribution in [1.82, 2.24) is 5.32 Å². The zero-order valence-electron chi connectivity index (χ0n) is 12.9. The molecule has 1 rings (SSSR count). The Morgan fingerprint density at radius 3 is 2.76 bits per heavy atom. The second kappa shape index (κ2) is 11.0. The lowest BCUT2D eigenvalue weighted by Crippen LogP contribution is -2.19. The summed E-state index contributed by atoms with van der Waals surface area (Å²) < 4.78 is 16.2. The molecule has 0 amide bonds. The van der Waals surface area contributed by atoms with Gasteiger partial charge in [-0.15, -0.1) is 0 Å². The number of methoxy groups -OCH3 is 2. The summed E-state index contributed by atoms with van der Waals surface area (Å²) in [6.45, 7) is 2.75. The highest BCUT2D eigenvalue weighted by molar-refractivity contribution is 5.46. The highest BCUT2D eigenvalue weighted by Gasteiger charge is 2.10. The van der Waals surface area contributed by atoms with E-state index in [1.165, 1.54) is 0 Å². The number of hydrogen-bond donors (Lipinski definition) is 1. The molecule has 1 aromatic rings. The molecule has 0 saturated heterocycles. The van der Waals surface area contributed by atoms with Gasteiger partial charge in [-0.2, -0.15) is 5.26 Å². The van der Waals surface area contributed by atoms with E-state index in [2.05, 4.69) is 11.4 Å². The minimum Gasteiger partial charge on any atom is -0.493 e. The maximum atomic E-state index is 8.52. The van der Waals surface area contributed by atoms with Crippen molar-refractivity contribution >= 4 is 0 Å². The van der Waals surface area contributed by atoms with E-state index >= 15 is 0 Å². The number of para-hydroxylation sites is 1. The van der Waals surface area contributed by atoms with Crippen LogP contribution in [0.3, 0.4) is 0 Å². The maximum absolute atomic E-state index is 8.52. The molecule has 0 fully saturated rings. The van der Waals surface area contributed by atoms with Crippen molar-refractivity contribution in [3.63, 3.8) is 0 Å². The molecule has 0 bridgehead atoms. The Morgan fingerprint density at radius 2 is 2.05 bits per heavy atom. The molecule has 21 heavy (non-hydrogen) atoms. The van der Waals surface area contributed by atoms with Crippen LogP contribution >= 0.6 is 0 Å². The van der Waals surface area contributed by atoms with Crippen molar-refractivity contribution in [3.05, 3.63) is 23.8 Å². The van der Waals surface area contributed by atoms with Crippen molar-refractivity contribution in [2.24, 2.45) is 0 Å². The Kier molecular flexibility index (Phi) is 9.01. The zero-order chi connectivity index (χ0) is 15.3. The van der Waals surface area contributed by atoms with Crippen LogP contribution in [0.2, 0.25) is 0 Å². The van der Waals surface area contributed by atoms with E-state index in [4.69, 9.17) is 19.5 Å². The Labute approximate surface area is 126 Å². The fourth-order valence-corrected chi connectivity index (χ4v) is 1.90. The second-order valence-corrected chi connectivity index (χ2v) is 4.58. The molecule has 0 aromatic heterocycles. The summed E-state index contributed by atoms with van der Waals surface area (Å²) in [7, 11) is 3.32. The summed E-state index contributed by atoms with van der Waals surface area (Å²) in [6, 6.07) is 8.00. The van der Waals surface area contributed by atoms with Gasteiger partial charge in [-0.25, -0.2) is 0 Å². The molecule has 116 valence electrons. The van der Waals surface area contributed by atoms with Gasteiger partial charge in [0, 0.05) is 32.2 Å². The van der Waals surface area contributed by atoms with Crippen molar-refractivity contribution in [1.29, 1.82) is 5.26 Å². The van der Waals surface area contributed by atoms with E-state index in [0.717, 1.165) is 36.4 Å². The van der Waals surface area contributed by atoms with Crippen molar-refractivity contribution in [2.75, 3.05) is 34.0 Å². The van der Waals surface area contributed by atoms with E-state index in [0.29, 0.717) is 26.2 Å². The van der Waals surface area contributed by atoms with Gasteiger partial charge in [-0.3, -0.25) is 0 Å². The fourth-order valence-electron chi connectivity index (χ4n) is 1.90. The van der Waals surface area contributed by atoms with Gasteiger partial charge < -0.3 is 19.5 Å². The van der Waals surface area contributed by atoms with Crippen LogP contribution in [0.15, 0.2) is 18.2 Å². The molecule has 0 heterocycles. The second-order valence-electron chi connectivity index (χ2n) is 4.58. The van der Waals surface area contributed by atoms with Crippen LogP contribution in [0.4, 0.5) is 0 Å². The minimum absolute atomic E-state index is 0.570. The van der Waals surface area contributed by atoms with E-state index in [-0.39, 0.29) is 0 Å². The molecule has 5 heteroatoms. The third kappa shape index (κ3) is 6.48. The highest BCUT2D eigenvalue weighted by Crippen LogP contribution is 2.31. The summed E-state index contributed by atoms with van der Waals surface area (Å²) in [5, 5.41) is 11.8. The molecule has 5 nitrogen and oxygen atoms in total. The lowest BCUT2D eigenvalue weighted by atomic mass is 10.2. The van der Waals surface area contributed by atoms with Gasteiger partial charge in [0.2, 0.25) is 0 Å². The quantitative estimate of drug-likeness (QED) is 0.635. The van der Waals surface area contributed by atoms with E-state index < -0.39 is 0 Å². The Morgan fingerprint density at radius 1 is 1.19 bits per heavy atom. The molecule has 0 saturated carbocycles. The zero-order valence-corrected chi connectivity index (χ0v) is 12.9. The molecule has 0 unspecified atom stereocenters. The first-order valence-electron chi connectivity index (χ1n) is 7.18. The summed E-state index contributed by atoms with van der Waals surface area (Å²) >= 11 is 0. The third-order valence-electron chi connectivity index (χ3n) is 3.01. The molecular weight excluding hydrogens is 268 g/mol. The normalized spacial score (nSPS) is 10.1. The average molecular weight is 292 g/mol. The van der Waals surface area contributed by atoms with Crippen LogP contribution in [-0.4, -0.2) is 34.0 Å². The van der Waals surface area contributed by atoms with Crippen LogP contribution in [0.5, 0.6) is 11.5 Å². The van der Waals surface area contributed by atoms with Gasteiger partial charge in [-0.1, -0.05) is 12.1 Å². The smallest absolute Gasteiger partial charge is 0.165 e. The van der Waals surface area contributed by atoms with Crippen LogP contribution in [0.1, 0.15) is 24.8 Å². The molecule has 1 N–H and O–H groups in total. The first-order chi connectivity index (χ1) is 10.3. The summed E-state index contributed by atoms with van der Waals surface area (Å²) in [4.78, 5) is 0. The van der Waals surface area contributed by atoms with Crippen LogP contribution in [0, 0.1) is 11.3 Å². The van der Waals surface area contributed by atoms with Crippen LogP contribution in [-0.2, 0) is 11.3 Å². The number of unbranched alkanes of at least 4 members (excludes halogenated alkanes) is 2. The van der Waals surface area contributed by atoms with Crippen molar-refractivity contribution in [2.45, 2.75) is 25.8 Å². The first-order valence-corrected chi connectivity index (χ1v) is 7.18. The Balaban J connectivity index is 2.58. The number of hydrogen-bond acceptors (Lipinski definition) is 5. The van der Waals surface area contributed by atoms with Crippen molar-refractivity contribution in [3.8, 4) is 17.6 Å². The third-order valence-corrected chi connectivity index (χ3v) is 3.01. The lowest BCUT2D eigenvalue weighted by Gasteiger charge is -2.15. The Bertz CT molecular complexity index is 444. The summed E-state index contributed by atoms with van der Waals surface area (Å²) in [5.41, 5.74) is 1.06. The first kappa shape index (κ1) is 17.3. The van der Waals surface area contributed by atoms with Crippen molar-refractivity contribution < 1.29 is 14.2 Å². The number of rotatable bonds is 11. The lowest BCUT2D eigenvalue weighted by molar-refractivity contribution is 0.199. The molecule has 0 aliphatic carbocycles. The molecule has 0 aliphatic rings. The molecular formula is C16H24N2O3. The Hall–Kier alpha value is -1.77. The molecule has 0 spiro atoms. The average Bonchev–Trinajstić information content (AvgIpc) is 2.52. The number of nitriles is 1. The summed E-state index contributed by atoms with van der Waals surface area (Å²) in [6.07, 6.45) is 2.29. The monoisotopic (exact) mass is 292 g/mol. The van der Waals surface area contributed by atoms with E-state index in [1.54, 1.807) is 14.2 Å². The maximum Gasteiger partial charge on any atom is 0.165 e. The van der Waals surface area contributed by atoms with Gasteiger partial charge in [0.25, 0.3) is 0 Å².